The van der Waals surface area contributed by atoms with Crippen LogP contribution in [-0.4, -0.2) is 14.5 Å². The topological polar surface area (TPSA) is 70.0 Å². The first-order valence-corrected chi connectivity index (χ1v) is 4.21. The first-order valence-electron chi connectivity index (χ1n) is 2.72. The molecule has 0 aromatic carbocycles. The zero-order valence-electron chi connectivity index (χ0n) is 5.51. The van der Waals surface area contributed by atoms with Crippen molar-refractivity contribution in [3.8, 4) is 0 Å². The van der Waals surface area contributed by atoms with E-state index in [1.807, 2.05) is 6.92 Å². The smallest absolute Gasteiger partial charge is 0.198 e. The zero-order valence-corrected chi connectivity index (χ0v) is 6.33. The minimum Gasteiger partial charge on any atom is -0.198 e. The maximum Gasteiger partial charge on any atom is 0.290 e. The normalized spacial score (nSPS) is 15.4. The van der Waals surface area contributed by atoms with Gasteiger partial charge in [-0.25, -0.2) is 0 Å². The van der Waals surface area contributed by atoms with Gasteiger partial charge in [-0.1, -0.05) is 6.92 Å². The van der Waals surface area contributed by atoms with E-state index in [1.165, 1.54) is 0 Å². The van der Waals surface area contributed by atoms with Gasteiger partial charge < -0.3 is 0 Å². The van der Waals surface area contributed by atoms with Crippen LogP contribution in [0.15, 0.2) is 0 Å². The van der Waals surface area contributed by atoms with Crippen LogP contribution in [0.2, 0.25) is 0 Å². The van der Waals surface area contributed by atoms with Gasteiger partial charge in [-0.2, -0.15) is 13.1 Å². The molecule has 1 radical (unpaired) electrons. The number of rotatable bonds is 3. The van der Waals surface area contributed by atoms with Gasteiger partial charge in [0.25, 0.3) is 10.2 Å². The molecule has 0 rings (SSSR count). The van der Waals surface area contributed by atoms with Crippen molar-refractivity contribution in [1.29, 1.82) is 0 Å². The molecule has 0 aromatic heterocycles. The highest BCUT2D eigenvalue weighted by Gasteiger charge is 2.05. The molecule has 0 fully saturated rings. The van der Waals surface area contributed by atoms with Crippen molar-refractivity contribution in [2.45, 2.75) is 26.3 Å². The highest BCUT2D eigenvalue weighted by Crippen LogP contribution is 1.88. The Morgan fingerprint density at radius 1 is 1.67 bits per heavy atom. The molecule has 0 heterocycles. The molecule has 0 aliphatic carbocycles. The first kappa shape index (κ1) is 8.87. The second-order valence-electron chi connectivity index (χ2n) is 1.93. The second-order valence-corrected chi connectivity index (χ2v) is 3.17. The van der Waals surface area contributed by atoms with Gasteiger partial charge in [-0.3, -0.25) is 0 Å². The van der Waals surface area contributed by atoms with Crippen molar-refractivity contribution in [3.63, 3.8) is 0 Å². The summed E-state index contributed by atoms with van der Waals surface area (Å²) in [5, 5.41) is 6.43. The molecule has 1 unspecified atom stereocenters. The van der Waals surface area contributed by atoms with Crippen LogP contribution in [0.4, 0.5) is 0 Å². The van der Waals surface area contributed by atoms with Gasteiger partial charge >= 0.3 is 0 Å². The van der Waals surface area contributed by atoms with E-state index in [0.717, 1.165) is 0 Å². The summed E-state index contributed by atoms with van der Waals surface area (Å²) >= 11 is 0. The van der Waals surface area contributed by atoms with Crippen LogP contribution >= 0.6 is 0 Å². The summed E-state index contributed by atoms with van der Waals surface area (Å²) in [6, 6.07) is -0.132. The van der Waals surface area contributed by atoms with Gasteiger partial charge in [-0.05, 0) is 13.3 Å². The summed E-state index contributed by atoms with van der Waals surface area (Å²) in [5.41, 5.74) is 0. The summed E-state index contributed by atoms with van der Waals surface area (Å²) in [6.07, 6.45) is 0.706. The summed E-state index contributed by atoms with van der Waals surface area (Å²) in [4.78, 5) is 0. The standard InChI is InChI=1S/C4H11N2O2S/c1-3-4(2)6-9(5,7)8/h4-6H,3H2,1-2H3. The molecule has 0 aliphatic rings. The third-order valence-electron chi connectivity index (χ3n) is 0.969. The van der Waals surface area contributed by atoms with Gasteiger partial charge in [0.1, 0.15) is 0 Å². The predicted molar refractivity (Wildman–Crippen MR) is 34.9 cm³/mol. The van der Waals surface area contributed by atoms with Crippen LogP contribution in [0.3, 0.4) is 0 Å². The highest BCUT2D eigenvalue weighted by atomic mass is 32.2. The van der Waals surface area contributed by atoms with Gasteiger partial charge in [0.2, 0.25) is 0 Å². The Morgan fingerprint density at radius 2 is 2.11 bits per heavy atom. The van der Waals surface area contributed by atoms with E-state index in [0.29, 0.717) is 6.42 Å². The summed E-state index contributed by atoms with van der Waals surface area (Å²) < 4.78 is 22.4. The van der Waals surface area contributed by atoms with Gasteiger partial charge in [0.15, 0.2) is 0 Å². The lowest BCUT2D eigenvalue weighted by Gasteiger charge is -2.06. The van der Waals surface area contributed by atoms with E-state index in [9.17, 15) is 8.42 Å². The van der Waals surface area contributed by atoms with Crippen LogP contribution < -0.4 is 9.86 Å². The molecule has 2 N–H and O–H groups in total. The van der Waals surface area contributed by atoms with E-state index in [1.54, 1.807) is 6.92 Å². The van der Waals surface area contributed by atoms with Gasteiger partial charge in [-0.15, -0.1) is 5.14 Å². The SMILES string of the molecule is CCC(C)NS([NH])(=O)=O. The Labute approximate surface area is 55.6 Å². The van der Waals surface area contributed by atoms with Crippen molar-refractivity contribution in [3.05, 3.63) is 0 Å². The first-order chi connectivity index (χ1) is 3.95. The molecule has 0 spiro atoms. The average Bonchev–Trinajstić information content (AvgIpc) is 1.62. The van der Waals surface area contributed by atoms with Crippen molar-refractivity contribution in [2.75, 3.05) is 0 Å². The second kappa shape index (κ2) is 3.14. The fourth-order valence-electron chi connectivity index (χ4n) is 0.348. The molecular weight excluding hydrogens is 140 g/mol. The predicted octanol–water partition coefficient (Wildman–Crippen LogP) is -0.0978. The third-order valence-corrected chi connectivity index (χ3v) is 1.68. The van der Waals surface area contributed by atoms with E-state index in [-0.39, 0.29) is 6.04 Å². The summed E-state index contributed by atoms with van der Waals surface area (Å²) in [6.45, 7) is 3.56. The third kappa shape index (κ3) is 5.75. The molecule has 0 amide bonds. The minimum absolute atomic E-state index is 0.132. The minimum atomic E-state index is -3.74. The van der Waals surface area contributed by atoms with Gasteiger partial charge in [0.05, 0.1) is 0 Å². The van der Waals surface area contributed by atoms with Gasteiger partial charge in [0, 0.05) is 6.04 Å². The Bertz CT molecular complexity index is 163. The molecule has 1 atom stereocenters. The van der Waals surface area contributed by atoms with Crippen molar-refractivity contribution in [1.82, 2.24) is 9.86 Å². The zero-order chi connectivity index (χ0) is 7.49. The molecule has 5 heteroatoms. The lowest BCUT2D eigenvalue weighted by Crippen LogP contribution is -2.32. The molecule has 0 aliphatic heterocycles. The Kier molecular flexibility index (Phi) is 3.10. The number of hydrogen-bond acceptors (Lipinski definition) is 2. The number of hydrogen-bond donors (Lipinski definition) is 1. The Balaban J connectivity index is 3.75. The van der Waals surface area contributed by atoms with E-state index < -0.39 is 10.2 Å². The van der Waals surface area contributed by atoms with Crippen molar-refractivity contribution >= 4 is 10.2 Å². The summed E-state index contributed by atoms with van der Waals surface area (Å²) in [7, 11) is -3.74. The lowest BCUT2D eigenvalue weighted by atomic mass is 10.3. The largest absolute Gasteiger partial charge is 0.290 e. The fraction of sp³-hybridized carbons (Fsp3) is 1.00. The quantitative estimate of drug-likeness (QED) is 0.612. The highest BCUT2D eigenvalue weighted by molar-refractivity contribution is 7.86. The van der Waals surface area contributed by atoms with E-state index >= 15 is 0 Å². The maximum absolute atomic E-state index is 10.2. The monoisotopic (exact) mass is 151 g/mol. The van der Waals surface area contributed by atoms with Crippen LogP contribution in [0.1, 0.15) is 20.3 Å². The van der Waals surface area contributed by atoms with Crippen LogP contribution in [0.25, 0.3) is 0 Å². The molecule has 9 heavy (non-hydrogen) atoms. The summed E-state index contributed by atoms with van der Waals surface area (Å²) in [5.74, 6) is 0. The van der Waals surface area contributed by atoms with Crippen molar-refractivity contribution in [2.24, 2.45) is 0 Å². The molecule has 0 aromatic rings. The van der Waals surface area contributed by atoms with Crippen LogP contribution in [0.5, 0.6) is 0 Å². The van der Waals surface area contributed by atoms with Crippen LogP contribution in [0, 0.1) is 0 Å². The van der Waals surface area contributed by atoms with Crippen LogP contribution in [-0.2, 0) is 10.2 Å². The van der Waals surface area contributed by atoms with E-state index in [4.69, 9.17) is 5.14 Å². The number of nitrogens with one attached hydrogen (secondary N) is 2. The molecule has 0 saturated heterocycles. The molecular formula is C4H11N2O2S. The molecule has 4 nitrogen and oxygen atoms in total. The molecule has 55 valence electrons. The van der Waals surface area contributed by atoms with Crippen molar-refractivity contribution < 1.29 is 8.42 Å². The average molecular weight is 151 g/mol. The van der Waals surface area contributed by atoms with E-state index in [2.05, 4.69) is 4.72 Å². The fourth-order valence-corrected chi connectivity index (χ4v) is 1.04. The Morgan fingerprint density at radius 3 is 2.22 bits per heavy atom. The Hall–Kier alpha value is -0.130. The molecule has 0 bridgehead atoms. The maximum atomic E-state index is 10.2. The molecule has 0 saturated carbocycles. The lowest BCUT2D eigenvalue weighted by molar-refractivity contribution is 0.556.